The number of benzene rings is 1. The number of carbonyl (C=O) groups is 1. The fourth-order valence-corrected chi connectivity index (χ4v) is 4.14. The van der Waals surface area contributed by atoms with Crippen molar-refractivity contribution in [2.24, 2.45) is 0 Å². The third kappa shape index (κ3) is 3.61. The van der Waals surface area contributed by atoms with Gasteiger partial charge in [0.2, 0.25) is 0 Å². The number of carbonyl (C=O) groups excluding carboxylic acids is 1. The Morgan fingerprint density at radius 1 is 1.12 bits per heavy atom. The summed E-state index contributed by atoms with van der Waals surface area (Å²) in [6.07, 6.45) is -2.42. The summed E-state index contributed by atoms with van der Waals surface area (Å²) < 4.78 is 53.4. The quantitative estimate of drug-likeness (QED) is 0.571. The van der Waals surface area contributed by atoms with Crippen molar-refractivity contribution >= 4 is 23.4 Å². The molecule has 4 heterocycles. The van der Waals surface area contributed by atoms with Crippen molar-refractivity contribution in [1.82, 2.24) is 9.97 Å². The molecule has 0 spiro atoms. The minimum absolute atomic E-state index is 0.0156. The Labute approximate surface area is 180 Å². The number of hydrogen-bond donors (Lipinski definition) is 1. The first kappa shape index (κ1) is 20.2. The molecule has 6 nitrogen and oxygen atoms in total. The molecular formula is C22H17F4N5O. The van der Waals surface area contributed by atoms with Gasteiger partial charge in [-0.3, -0.25) is 10.2 Å². The molecular weight excluding hydrogens is 426 g/mol. The number of nitrogens with one attached hydrogen (secondary N) is 1. The molecule has 32 heavy (non-hydrogen) atoms. The summed E-state index contributed by atoms with van der Waals surface area (Å²) in [5.74, 6) is -0.319. The van der Waals surface area contributed by atoms with E-state index < -0.39 is 23.6 Å². The molecule has 2 bridgehead atoms. The second-order valence-corrected chi connectivity index (χ2v) is 7.67. The number of anilines is 3. The summed E-state index contributed by atoms with van der Waals surface area (Å²) in [7, 11) is 0. The van der Waals surface area contributed by atoms with Gasteiger partial charge in [0.05, 0.1) is 23.0 Å². The second kappa shape index (κ2) is 7.47. The Morgan fingerprint density at radius 3 is 2.72 bits per heavy atom. The van der Waals surface area contributed by atoms with Crippen LogP contribution in [-0.4, -0.2) is 35.1 Å². The third-order valence-corrected chi connectivity index (χ3v) is 5.59. The number of urea groups is 1. The van der Waals surface area contributed by atoms with Gasteiger partial charge in [-0.1, -0.05) is 6.07 Å². The van der Waals surface area contributed by atoms with Crippen molar-refractivity contribution in [2.75, 3.05) is 28.2 Å². The average Bonchev–Trinajstić information content (AvgIpc) is 3.17. The zero-order chi connectivity index (χ0) is 22.5. The normalized spacial score (nSPS) is 17.3. The monoisotopic (exact) mass is 443 g/mol. The number of aromatic nitrogens is 2. The van der Waals surface area contributed by atoms with E-state index in [4.69, 9.17) is 0 Å². The van der Waals surface area contributed by atoms with Crippen LogP contribution in [0.3, 0.4) is 0 Å². The molecule has 2 aromatic heterocycles. The van der Waals surface area contributed by atoms with Crippen LogP contribution in [0.15, 0.2) is 54.7 Å². The van der Waals surface area contributed by atoms with Gasteiger partial charge >= 0.3 is 12.2 Å². The molecule has 1 fully saturated rings. The van der Waals surface area contributed by atoms with Crippen LogP contribution in [-0.2, 0) is 6.18 Å². The highest BCUT2D eigenvalue weighted by molar-refractivity contribution is 6.04. The van der Waals surface area contributed by atoms with Gasteiger partial charge in [0.1, 0.15) is 11.6 Å². The minimum atomic E-state index is -4.69. The van der Waals surface area contributed by atoms with Crippen molar-refractivity contribution < 1.29 is 22.4 Å². The Kier molecular flexibility index (Phi) is 4.72. The van der Waals surface area contributed by atoms with Crippen molar-refractivity contribution in [3.63, 3.8) is 0 Å². The average molecular weight is 443 g/mol. The molecule has 0 unspecified atom stereocenters. The van der Waals surface area contributed by atoms with Crippen molar-refractivity contribution in [3.8, 4) is 11.3 Å². The van der Waals surface area contributed by atoms with Gasteiger partial charge < -0.3 is 4.90 Å². The predicted octanol–water partition coefficient (Wildman–Crippen LogP) is 4.93. The Morgan fingerprint density at radius 2 is 1.97 bits per heavy atom. The van der Waals surface area contributed by atoms with E-state index in [-0.39, 0.29) is 17.3 Å². The molecule has 2 aliphatic heterocycles. The van der Waals surface area contributed by atoms with E-state index in [1.54, 1.807) is 36.5 Å². The second-order valence-electron chi connectivity index (χ2n) is 7.67. The molecule has 0 radical (unpaired) electrons. The van der Waals surface area contributed by atoms with Crippen LogP contribution >= 0.6 is 0 Å². The van der Waals surface area contributed by atoms with Crippen molar-refractivity contribution in [2.45, 2.75) is 18.6 Å². The maximum Gasteiger partial charge on any atom is 0.416 e. The maximum atomic E-state index is 13.9. The summed E-state index contributed by atoms with van der Waals surface area (Å²) in [5.41, 5.74) is -0.267. The van der Waals surface area contributed by atoms with E-state index in [1.165, 1.54) is 4.90 Å². The zero-order valence-corrected chi connectivity index (χ0v) is 16.6. The fraction of sp³-hybridized carbons (Fsp3) is 0.227. The summed E-state index contributed by atoms with van der Waals surface area (Å²) in [6, 6.07) is 10.1. The van der Waals surface area contributed by atoms with Gasteiger partial charge in [-0.15, -0.1) is 0 Å². The molecule has 1 aromatic carbocycles. The predicted molar refractivity (Wildman–Crippen MR) is 111 cm³/mol. The minimum Gasteiger partial charge on any atom is -0.366 e. The summed E-state index contributed by atoms with van der Waals surface area (Å²) in [5, 5.41) is 2.74. The standard InChI is InChI=1S/C22H17F4N5O/c23-15-10-13(9-14(11-15)22(24,25)26)17-4-5-18-20(28-17)31(16-6-8-30(18)12-16)21(32)29-19-3-1-2-7-27-19/h1-5,7,9-11,16H,6,8,12H2,(H,27,29,32)/t16-/m0/s1. The lowest BCUT2D eigenvalue weighted by Crippen LogP contribution is -2.48. The molecule has 2 amide bonds. The molecule has 0 aliphatic carbocycles. The van der Waals surface area contributed by atoms with Crippen LogP contribution in [0.25, 0.3) is 11.3 Å². The number of fused-ring (bicyclic) bond motifs is 4. The Balaban J connectivity index is 1.56. The first-order valence-corrected chi connectivity index (χ1v) is 9.95. The van der Waals surface area contributed by atoms with Gasteiger partial charge in [-0.25, -0.2) is 19.2 Å². The maximum absolute atomic E-state index is 13.9. The smallest absolute Gasteiger partial charge is 0.366 e. The van der Waals surface area contributed by atoms with Gasteiger partial charge in [-0.2, -0.15) is 13.2 Å². The molecule has 3 aromatic rings. The van der Waals surface area contributed by atoms with Crippen LogP contribution in [0.2, 0.25) is 0 Å². The Bertz CT molecular complexity index is 1180. The molecule has 10 heteroatoms. The van der Waals surface area contributed by atoms with Crippen LogP contribution in [0.1, 0.15) is 12.0 Å². The third-order valence-electron chi connectivity index (χ3n) is 5.59. The van der Waals surface area contributed by atoms with Crippen LogP contribution in [0, 0.1) is 5.82 Å². The van der Waals surface area contributed by atoms with E-state index in [1.807, 2.05) is 0 Å². The lowest BCUT2D eigenvalue weighted by atomic mass is 10.1. The molecule has 1 atom stereocenters. The fourth-order valence-electron chi connectivity index (χ4n) is 4.14. The van der Waals surface area contributed by atoms with Crippen LogP contribution in [0.5, 0.6) is 0 Å². The molecule has 1 N–H and O–H groups in total. The largest absolute Gasteiger partial charge is 0.416 e. The van der Waals surface area contributed by atoms with Gasteiger partial charge in [0.25, 0.3) is 0 Å². The number of nitrogens with zero attached hydrogens (tertiary/aromatic N) is 4. The number of rotatable bonds is 2. The highest BCUT2D eigenvalue weighted by atomic mass is 19.4. The number of hydrogen-bond acceptors (Lipinski definition) is 4. The molecule has 1 saturated heterocycles. The summed E-state index contributed by atoms with van der Waals surface area (Å²) >= 11 is 0. The van der Waals surface area contributed by atoms with Gasteiger partial charge in [-0.05, 0) is 48.9 Å². The van der Waals surface area contributed by atoms with E-state index in [2.05, 4.69) is 20.2 Å². The number of alkyl halides is 3. The van der Waals surface area contributed by atoms with Crippen LogP contribution in [0.4, 0.5) is 39.7 Å². The summed E-state index contributed by atoms with van der Waals surface area (Å²) in [4.78, 5) is 25.3. The highest BCUT2D eigenvalue weighted by Crippen LogP contribution is 2.41. The van der Waals surface area contributed by atoms with Gasteiger partial charge in [0.15, 0.2) is 5.82 Å². The number of amides is 2. The first-order valence-electron chi connectivity index (χ1n) is 9.95. The lowest BCUT2D eigenvalue weighted by molar-refractivity contribution is -0.137. The highest BCUT2D eigenvalue weighted by Gasteiger charge is 2.40. The first-order chi connectivity index (χ1) is 15.3. The van der Waals surface area contributed by atoms with E-state index in [0.717, 1.165) is 25.1 Å². The van der Waals surface area contributed by atoms with Crippen LogP contribution < -0.4 is 15.1 Å². The number of halogens is 4. The molecule has 2 aliphatic rings. The van der Waals surface area contributed by atoms with Crippen molar-refractivity contribution in [3.05, 3.63) is 66.1 Å². The van der Waals surface area contributed by atoms with E-state index >= 15 is 0 Å². The topological polar surface area (TPSA) is 61.4 Å². The van der Waals surface area contributed by atoms with Gasteiger partial charge in [0, 0.05) is 24.8 Å². The molecule has 0 saturated carbocycles. The summed E-state index contributed by atoms with van der Waals surface area (Å²) in [6.45, 7) is 1.35. The Hall–Kier alpha value is -3.69. The lowest BCUT2D eigenvalue weighted by Gasteiger charge is -2.35. The SMILES string of the molecule is O=C(Nc1ccccn1)N1c2nc(-c3cc(F)cc(C(F)(F)F)c3)ccc2N2CC[C@H]1C2. The molecule has 164 valence electrons. The number of pyridine rings is 2. The zero-order valence-electron chi connectivity index (χ0n) is 16.6. The van der Waals surface area contributed by atoms with E-state index in [0.29, 0.717) is 29.9 Å². The van der Waals surface area contributed by atoms with E-state index in [9.17, 15) is 22.4 Å². The van der Waals surface area contributed by atoms with Crippen molar-refractivity contribution in [1.29, 1.82) is 0 Å². The molecule has 5 rings (SSSR count).